The van der Waals surface area contributed by atoms with Gasteiger partial charge in [0.25, 0.3) is 5.91 Å². The van der Waals surface area contributed by atoms with Crippen molar-refractivity contribution in [1.82, 2.24) is 5.32 Å². The van der Waals surface area contributed by atoms with Gasteiger partial charge < -0.3 is 19.5 Å². The van der Waals surface area contributed by atoms with Crippen molar-refractivity contribution < 1.29 is 23.8 Å². The fraction of sp³-hybridized carbons (Fsp3) is 0.364. The quantitative estimate of drug-likeness (QED) is 0.633. The zero-order valence-corrected chi connectivity index (χ0v) is 16.8. The molecule has 1 atom stereocenters. The van der Waals surface area contributed by atoms with Gasteiger partial charge in [0.05, 0.1) is 11.7 Å². The van der Waals surface area contributed by atoms with Gasteiger partial charge in [0.1, 0.15) is 12.4 Å². The molecule has 1 aliphatic heterocycles. The summed E-state index contributed by atoms with van der Waals surface area (Å²) in [6, 6.07) is 14.1. The fourth-order valence-corrected chi connectivity index (χ4v) is 3.04. The Bertz CT molecular complexity index is 801. The minimum absolute atomic E-state index is 0.137. The van der Waals surface area contributed by atoms with Crippen LogP contribution in [0.3, 0.4) is 0 Å². The Morgan fingerprint density at radius 3 is 2.55 bits per heavy atom. The van der Waals surface area contributed by atoms with Gasteiger partial charge in [-0.3, -0.25) is 4.79 Å². The van der Waals surface area contributed by atoms with E-state index < -0.39 is 5.97 Å². The number of carbonyl (C=O) groups is 2. The highest BCUT2D eigenvalue weighted by Gasteiger charge is 2.16. The Balaban J connectivity index is 1.34. The van der Waals surface area contributed by atoms with Crippen molar-refractivity contribution in [2.75, 3.05) is 26.4 Å². The molecular formula is C22H24ClNO5. The van der Waals surface area contributed by atoms with Crippen molar-refractivity contribution in [3.63, 3.8) is 0 Å². The summed E-state index contributed by atoms with van der Waals surface area (Å²) < 4.78 is 16.2. The number of rotatable bonds is 9. The summed E-state index contributed by atoms with van der Waals surface area (Å²) in [5, 5.41) is 3.40. The molecule has 1 amide bonds. The van der Waals surface area contributed by atoms with Gasteiger partial charge in [-0.2, -0.15) is 0 Å². The number of nitrogens with one attached hydrogen (secondary N) is 1. The van der Waals surface area contributed by atoms with Crippen LogP contribution in [0.2, 0.25) is 5.02 Å². The summed E-state index contributed by atoms with van der Waals surface area (Å²) in [4.78, 5) is 23.9. The normalized spacial score (nSPS) is 15.7. The molecule has 0 aliphatic carbocycles. The van der Waals surface area contributed by atoms with E-state index in [-0.39, 0.29) is 18.6 Å². The van der Waals surface area contributed by atoms with Crippen LogP contribution in [-0.4, -0.2) is 44.3 Å². The summed E-state index contributed by atoms with van der Waals surface area (Å²) >= 11 is 5.84. The lowest BCUT2D eigenvalue weighted by molar-refractivity contribution is -0.124. The maximum atomic E-state index is 12.1. The summed E-state index contributed by atoms with van der Waals surface area (Å²) in [6.07, 6.45) is 2.88. The second-order valence-corrected chi connectivity index (χ2v) is 7.21. The second kappa shape index (κ2) is 10.8. The topological polar surface area (TPSA) is 73.9 Å². The minimum atomic E-state index is -0.552. The molecular weight excluding hydrogens is 394 g/mol. The molecule has 1 heterocycles. The van der Waals surface area contributed by atoms with Gasteiger partial charge in [-0.05, 0) is 61.2 Å². The third-order valence-corrected chi connectivity index (χ3v) is 4.79. The van der Waals surface area contributed by atoms with Crippen LogP contribution >= 0.6 is 11.6 Å². The first kappa shape index (κ1) is 21.1. The lowest BCUT2D eigenvalue weighted by Gasteiger charge is -2.11. The number of halogens is 1. The van der Waals surface area contributed by atoms with Gasteiger partial charge in [0, 0.05) is 18.2 Å². The van der Waals surface area contributed by atoms with E-state index in [1.165, 1.54) is 0 Å². The monoisotopic (exact) mass is 417 g/mol. The van der Waals surface area contributed by atoms with Crippen LogP contribution in [0.4, 0.5) is 0 Å². The van der Waals surface area contributed by atoms with Crippen LogP contribution in [0.15, 0.2) is 48.5 Å². The van der Waals surface area contributed by atoms with E-state index in [1.807, 2.05) is 12.1 Å². The molecule has 1 saturated heterocycles. The zero-order chi connectivity index (χ0) is 20.5. The molecule has 29 heavy (non-hydrogen) atoms. The maximum Gasteiger partial charge on any atom is 0.338 e. The molecule has 0 aromatic heterocycles. The predicted octanol–water partition coefficient (Wildman–Crippen LogP) is 3.41. The van der Waals surface area contributed by atoms with E-state index in [2.05, 4.69) is 5.32 Å². The molecule has 2 aromatic rings. The van der Waals surface area contributed by atoms with Crippen LogP contribution in [0, 0.1) is 0 Å². The van der Waals surface area contributed by atoms with Crippen molar-refractivity contribution in [1.29, 1.82) is 0 Å². The number of ether oxygens (including phenoxy) is 3. The van der Waals surface area contributed by atoms with Crippen molar-refractivity contribution in [2.24, 2.45) is 0 Å². The van der Waals surface area contributed by atoms with Gasteiger partial charge in [0.15, 0.2) is 6.61 Å². The first-order valence-electron chi connectivity index (χ1n) is 9.63. The molecule has 0 saturated carbocycles. The third-order valence-electron chi connectivity index (χ3n) is 4.53. The molecule has 7 heteroatoms. The van der Waals surface area contributed by atoms with Crippen LogP contribution in [0.5, 0.6) is 5.75 Å². The lowest BCUT2D eigenvalue weighted by atomic mass is 10.1. The van der Waals surface area contributed by atoms with Crippen LogP contribution < -0.4 is 10.1 Å². The van der Waals surface area contributed by atoms with Gasteiger partial charge >= 0.3 is 5.97 Å². The molecule has 1 N–H and O–H groups in total. The van der Waals surface area contributed by atoms with Crippen molar-refractivity contribution >= 4 is 23.5 Å². The average Bonchev–Trinajstić information content (AvgIpc) is 3.26. The summed E-state index contributed by atoms with van der Waals surface area (Å²) in [5.74, 6) is -0.232. The Morgan fingerprint density at radius 1 is 1.10 bits per heavy atom. The summed E-state index contributed by atoms with van der Waals surface area (Å²) in [7, 11) is 0. The van der Waals surface area contributed by atoms with Crippen molar-refractivity contribution in [3.8, 4) is 5.75 Å². The van der Waals surface area contributed by atoms with E-state index in [1.54, 1.807) is 36.4 Å². The first-order valence-corrected chi connectivity index (χ1v) is 10.0. The predicted molar refractivity (Wildman–Crippen MR) is 109 cm³/mol. The second-order valence-electron chi connectivity index (χ2n) is 6.77. The van der Waals surface area contributed by atoms with Crippen LogP contribution in [0.1, 0.15) is 28.8 Å². The minimum Gasteiger partial charge on any atom is -0.491 e. The van der Waals surface area contributed by atoms with Crippen molar-refractivity contribution in [2.45, 2.75) is 25.4 Å². The van der Waals surface area contributed by atoms with E-state index in [0.29, 0.717) is 35.9 Å². The van der Waals surface area contributed by atoms with Gasteiger partial charge in [-0.1, -0.05) is 23.7 Å². The molecule has 0 bridgehead atoms. The highest BCUT2D eigenvalue weighted by Crippen LogP contribution is 2.17. The van der Waals surface area contributed by atoms with Crippen LogP contribution in [-0.2, 0) is 20.7 Å². The maximum absolute atomic E-state index is 12.1. The van der Waals surface area contributed by atoms with E-state index in [0.717, 1.165) is 25.0 Å². The molecule has 0 unspecified atom stereocenters. The smallest absolute Gasteiger partial charge is 0.338 e. The molecule has 0 spiro atoms. The number of hydrogen-bond donors (Lipinski definition) is 1. The van der Waals surface area contributed by atoms with Crippen molar-refractivity contribution in [3.05, 3.63) is 64.7 Å². The number of esters is 1. The molecule has 2 aromatic carbocycles. The highest BCUT2D eigenvalue weighted by atomic mass is 35.5. The van der Waals surface area contributed by atoms with E-state index >= 15 is 0 Å². The van der Waals surface area contributed by atoms with Gasteiger partial charge in [-0.25, -0.2) is 4.79 Å². The molecule has 1 aliphatic rings. The number of amides is 1. The Labute approximate surface area is 175 Å². The number of hydrogen-bond acceptors (Lipinski definition) is 5. The van der Waals surface area contributed by atoms with E-state index in [4.69, 9.17) is 25.8 Å². The lowest BCUT2D eigenvalue weighted by Crippen LogP contribution is -2.30. The van der Waals surface area contributed by atoms with Gasteiger partial charge in [0.2, 0.25) is 0 Å². The zero-order valence-electron chi connectivity index (χ0n) is 16.1. The molecule has 3 rings (SSSR count). The third kappa shape index (κ3) is 7.07. The number of carbonyl (C=O) groups excluding carboxylic acids is 2. The van der Waals surface area contributed by atoms with Gasteiger partial charge in [-0.15, -0.1) is 0 Å². The average molecular weight is 418 g/mol. The summed E-state index contributed by atoms with van der Waals surface area (Å²) in [5.41, 5.74) is 1.43. The Morgan fingerprint density at radius 2 is 1.86 bits per heavy atom. The number of benzene rings is 2. The molecule has 154 valence electrons. The summed E-state index contributed by atoms with van der Waals surface area (Å²) in [6.45, 7) is 1.42. The van der Waals surface area contributed by atoms with Crippen LogP contribution in [0.25, 0.3) is 0 Å². The molecule has 1 fully saturated rings. The standard InChI is InChI=1S/C22H24ClNO5/c23-18-7-3-16(4-8-18)11-12-24-21(25)15-29-22(26)17-5-9-19(10-6-17)28-14-20-2-1-13-27-20/h3-10,20H,1-2,11-15H2,(H,24,25)/t20-/m0/s1. The fourth-order valence-electron chi connectivity index (χ4n) is 2.91. The first-order chi connectivity index (χ1) is 14.1. The van der Waals surface area contributed by atoms with E-state index in [9.17, 15) is 9.59 Å². The molecule has 0 radical (unpaired) electrons. The Hall–Kier alpha value is -2.57. The molecule has 6 nitrogen and oxygen atoms in total. The Kier molecular flexibility index (Phi) is 7.90. The largest absolute Gasteiger partial charge is 0.491 e. The SMILES string of the molecule is O=C(COC(=O)c1ccc(OC[C@@H]2CCCO2)cc1)NCCc1ccc(Cl)cc1. The highest BCUT2D eigenvalue weighted by molar-refractivity contribution is 6.30.